The molecule has 1 amide bonds. The summed E-state index contributed by atoms with van der Waals surface area (Å²) in [7, 11) is 1.63. The van der Waals surface area contributed by atoms with Crippen molar-refractivity contribution in [2.24, 2.45) is 5.92 Å². The van der Waals surface area contributed by atoms with Gasteiger partial charge in [0.1, 0.15) is 5.75 Å². The summed E-state index contributed by atoms with van der Waals surface area (Å²) in [6.07, 6.45) is 1.78. The lowest BCUT2D eigenvalue weighted by molar-refractivity contribution is 0.0937. The Morgan fingerprint density at radius 1 is 1.36 bits per heavy atom. The molecule has 0 aliphatic carbocycles. The molecule has 1 aromatic carbocycles. The number of nitrogens with one attached hydrogen (secondary N) is 2. The average Bonchev–Trinajstić information content (AvgIpc) is 2.95. The highest BCUT2D eigenvalue weighted by atomic mass is 35.5. The number of amides is 1. The van der Waals surface area contributed by atoms with Crippen LogP contribution in [0.15, 0.2) is 36.5 Å². The van der Waals surface area contributed by atoms with Gasteiger partial charge in [-0.2, -0.15) is 5.10 Å². The fourth-order valence-electron chi connectivity index (χ4n) is 2.14. The number of carbonyl (C=O) groups excluding carboxylic acids is 1. The van der Waals surface area contributed by atoms with Crippen LogP contribution in [0.25, 0.3) is 5.69 Å². The number of rotatable bonds is 5. The van der Waals surface area contributed by atoms with E-state index in [4.69, 9.17) is 4.74 Å². The number of carbonyl (C=O) groups is 1. The van der Waals surface area contributed by atoms with Crippen molar-refractivity contribution >= 4 is 18.3 Å². The van der Waals surface area contributed by atoms with Gasteiger partial charge in [-0.25, -0.2) is 4.68 Å². The highest BCUT2D eigenvalue weighted by molar-refractivity contribution is 5.92. The second-order valence-electron chi connectivity index (χ2n) is 5.08. The van der Waals surface area contributed by atoms with Crippen molar-refractivity contribution in [3.8, 4) is 11.4 Å². The summed E-state index contributed by atoms with van der Waals surface area (Å²) in [6, 6.07) is 9.24. The molecule has 3 rings (SSSR count). The maximum Gasteiger partial charge on any atom is 0.271 e. The number of halogens is 1. The molecule has 0 spiro atoms. The molecule has 1 saturated heterocycles. The van der Waals surface area contributed by atoms with Gasteiger partial charge in [-0.15, -0.1) is 12.4 Å². The summed E-state index contributed by atoms with van der Waals surface area (Å²) in [6.45, 7) is 2.64. The van der Waals surface area contributed by atoms with Gasteiger partial charge < -0.3 is 15.4 Å². The Labute approximate surface area is 135 Å². The summed E-state index contributed by atoms with van der Waals surface area (Å²) >= 11 is 0. The lowest BCUT2D eigenvalue weighted by atomic mass is 10.0. The number of benzene rings is 1. The van der Waals surface area contributed by atoms with Crippen molar-refractivity contribution < 1.29 is 9.53 Å². The molecule has 0 atom stereocenters. The number of ether oxygens (including phenoxy) is 1. The van der Waals surface area contributed by atoms with Gasteiger partial charge >= 0.3 is 0 Å². The molecule has 1 aliphatic heterocycles. The standard InChI is InChI=1S/C15H18N4O2.ClH/c1-21-13-4-2-12(3-5-13)19-7-6-14(18-19)15(20)17-10-11-8-16-9-11;/h2-7,11,16H,8-10H2,1H3,(H,17,20);1H. The topological polar surface area (TPSA) is 68.2 Å². The molecular weight excluding hydrogens is 304 g/mol. The summed E-state index contributed by atoms with van der Waals surface area (Å²) < 4.78 is 6.80. The van der Waals surface area contributed by atoms with Gasteiger partial charge in [0.2, 0.25) is 0 Å². The Morgan fingerprint density at radius 3 is 2.68 bits per heavy atom. The summed E-state index contributed by atoms with van der Waals surface area (Å²) in [4.78, 5) is 12.0. The number of aromatic nitrogens is 2. The number of methoxy groups -OCH3 is 1. The van der Waals surface area contributed by atoms with Gasteiger partial charge in [0.25, 0.3) is 5.91 Å². The number of nitrogens with zero attached hydrogens (tertiary/aromatic N) is 2. The van der Waals surface area contributed by atoms with E-state index in [-0.39, 0.29) is 18.3 Å². The Hall–Kier alpha value is -2.05. The van der Waals surface area contributed by atoms with E-state index in [0.717, 1.165) is 24.5 Å². The van der Waals surface area contributed by atoms with Gasteiger partial charge in [-0.05, 0) is 30.3 Å². The van der Waals surface area contributed by atoms with Crippen LogP contribution in [0.3, 0.4) is 0 Å². The zero-order valence-electron chi connectivity index (χ0n) is 12.3. The highest BCUT2D eigenvalue weighted by Crippen LogP contribution is 2.14. The third kappa shape index (κ3) is 3.58. The SMILES string of the molecule is COc1ccc(-n2ccc(C(=O)NCC3CNC3)n2)cc1.Cl. The van der Waals surface area contributed by atoms with Crippen molar-refractivity contribution in [1.82, 2.24) is 20.4 Å². The van der Waals surface area contributed by atoms with Crippen molar-refractivity contribution in [3.63, 3.8) is 0 Å². The van der Waals surface area contributed by atoms with Crippen molar-refractivity contribution in [1.29, 1.82) is 0 Å². The first-order chi connectivity index (χ1) is 10.3. The highest BCUT2D eigenvalue weighted by Gasteiger charge is 2.18. The third-order valence-electron chi connectivity index (χ3n) is 3.58. The molecule has 0 bridgehead atoms. The smallest absolute Gasteiger partial charge is 0.271 e. The fraction of sp³-hybridized carbons (Fsp3) is 0.333. The van der Waals surface area contributed by atoms with Crippen LogP contribution < -0.4 is 15.4 Å². The Bertz CT molecular complexity index is 623. The first-order valence-corrected chi connectivity index (χ1v) is 6.95. The third-order valence-corrected chi connectivity index (χ3v) is 3.58. The van der Waals surface area contributed by atoms with E-state index in [2.05, 4.69) is 15.7 Å². The monoisotopic (exact) mass is 322 g/mol. The van der Waals surface area contributed by atoms with Gasteiger partial charge in [0, 0.05) is 31.7 Å². The van der Waals surface area contributed by atoms with Crippen LogP contribution in [-0.2, 0) is 0 Å². The second kappa shape index (κ2) is 7.29. The van der Waals surface area contributed by atoms with E-state index in [1.807, 2.05) is 24.3 Å². The molecular formula is C15H19ClN4O2. The van der Waals surface area contributed by atoms with Crippen LogP contribution in [0, 0.1) is 5.92 Å². The van der Waals surface area contributed by atoms with E-state index >= 15 is 0 Å². The molecule has 0 radical (unpaired) electrons. The predicted octanol–water partition coefficient (Wildman–Crippen LogP) is 1.25. The molecule has 2 aromatic rings. The van der Waals surface area contributed by atoms with Crippen LogP contribution >= 0.6 is 12.4 Å². The van der Waals surface area contributed by atoms with Crippen LogP contribution in [0.5, 0.6) is 5.75 Å². The molecule has 1 aromatic heterocycles. The van der Waals surface area contributed by atoms with Gasteiger partial charge in [0.15, 0.2) is 5.69 Å². The molecule has 0 unspecified atom stereocenters. The Balaban J connectivity index is 0.00000176. The van der Waals surface area contributed by atoms with E-state index in [9.17, 15) is 4.79 Å². The van der Waals surface area contributed by atoms with E-state index in [1.165, 1.54) is 0 Å². The first-order valence-electron chi connectivity index (χ1n) is 6.95. The first kappa shape index (κ1) is 16.3. The zero-order valence-corrected chi connectivity index (χ0v) is 13.1. The Morgan fingerprint density at radius 2 is 2.09 bits per heavy atom. The quantitative estimate of drug-likeness (QED) is 0.869. The lowest BCUT2D eigenvalue weighted by Gasteiger charge is -2.26. The minimum atomic E-state index is -0.130. The van der Waals surface area contributed by atoms with Crippen LogP contribution in [0.4, 0.5) is 0 Å². The molecule has 118 valence electrons. The molecule has 6 nitrogen and oxygen atoms in total. The van der Waals surface area contributed by atoms with E-state index in [0.29, 0.717) is 18.2 Å². The molecule has 0 saturated carbocycles. The fourth-order valence-corrected chi connectivity index (χ4v) is 2.14. The lowest BCUT2D eigenvalue weighted by Crippen LogP contribution is -2.48. The van der Waals surface area contributed by atoms with Crippen LogP contribution in [0.1, 0.15) is 10.5 Å². The van der Waals surface area contributed by atoms with Crippen molar-refractivity contribution in [2.75, 3.05) is 26.7 Å². The maximum atomic E-state index is 12.0. The van der Waals surface area contributed by atoms with Crippen molar-refractivity contribution in [3.05, 3.63) is 42.2 Å². The molecule has 2 heterocycles. The zero-order chi connectivity index (χ0) is 14.7. The minimum absolute atomic E-state index is 0. The number of hydrogen-bond acceptors (Lipinski definition) is 4. The van der Waals surface area contributed by atoms with Gasteiger partial charge in [-0.1, -0.05) is 0 Å². The Kier molecular flexibility index (Phi) is 5.41. The molecule has 7 heteroatoms. The minimum Gasteiger partial charge on any atom is -0.497 e. The summed E-state index contributed by atoms with van der Waals surface area (Å²) in [5.74, 6) is 1.20. The van der Waals surface area contributed by atoms with Crippen LogP contribution in [0.2, 0.25) is 0 Å². The van der Waals surface area contributed by atoms with Gasteiger partial charge in [0.05, 0.1) is 12.8 Å². The predicted molar refractivity (Wildman–Crippen MR) is 86.1 cm³/mol. The largest absolute Gasteiger partial charge is 0.497 e. The average molecular weight is 323 g/mol. The van der Waals surface area contributed by atoms with Crippen LogP contribution in [-0.4, -0.2) is 42.4 Å². The normalized spacial score (nSPS) is 13.9. The molecule has 1 aliphatic rings. The molecule has 1 fully saturated rings. The molecule has 22 heavy (non-hydrogen) atoms. The second-order valence-corrected chi connectivity index (χ2v) is 5.08. The maximum absolute atomic E-state index is 12.0. The van der Waals surface area contributed by atoms with E-state index in [1.54, 1.807) is 24.1 Å². The van der Waals surface area contributed by atoms with Gasteiger partial charge in [-0.3, -0.25) is 4.79 Å². The summed E-state index contributed by atoms with van der Waals surface area (Å²) in [5, 5.41) is 10.4. The van der Waals surface area contributed by atoms with E-state index < -0.39 is 0 Å². The summed E-state index contributed by atoms with van der Waals surface area (Å²) in [5.41, 5.74) is 1.32. The molecule has 2 N–H and O–H groups in total. The van der Waals surface area contributed by atoms with Crippen molar-refractivity contribution in [2.45, 2.75) is 0 Å². The number of hydrogen-bond donors (Lipinski definition) is 2.